The first-order chi connectivity index (χ1) is 19.8. The van der Waals surface area contributed by atoms with Crippen molar-refractivity contribution in [2.24, 2.45) is 23.5 Å². The normalized spacial score (nSPS) is 26.7. The molecule has 5 atom stereocenters. The van der Waals surface area contributed by atoms with Crippen LogP contribution in [-0.4, -0.2) is 27.8 Å². The fourth-order valence-corrected chi connectivity index (χ4v) is 7.83. The van der Waals surface area contributed by atoms with Gasteiger partial charge >= 0.3 is 12.4 Å². The Labute approximate surface area is 236 Å². The molecule has 6 nitrogen and oxygen atoms in total. The molecular weight excluding hydrogens is 562 g/mol. The number of pyridine rings is 2. The summed E-state index contributed by atoms with van der Waals surface area (Å²) >= 11 is 0. The highest BCUT2D eigenvalue weighted by atomic mass is 19.4. The van der Waals surface area contributed by atoms with E-state index in [0.29, 0.717) is 49.7 Å². The Bertz CT molecular complexity index is 1490. The lowest BCUT2D eigenvalue weighted by Crippen LogP contribution is -2.65. The molecule has 2 heterocycles. The van der Waals surface area contributed by atoms with Crippen molar-refractivity contribution in [3.8, 4) is 0 Å². The molecule has 4 aliphatic rings. The molecule has 3 unspecified atom stereocenters. The van der Waals surface area contributed by atoms with E-state index in [1.165, 1.54) is 18.2 Å². The number of hydrogen-bond acceptors (Lipinski definition) is 4. The predicted octanol–water partition coefficient (Wildman–Crippen LogP) is 6.41. The van der Waals surface area contributed by atoms with E-state index >= 15 is 0 Å². The summed E-state index contributed by atoms with van der Waals surface area (Å²) in [4.78, 5) is 35.6. The van der Waals surface area contributed by atoms with Gasteiger partial charge in [0.25, 0.3) is 11.8 Å². The number of anilines is 1. The van der Waals surface area contributed by atoms with Crippen LogP contribution >= 0.6 is 0 Å². The zero-order valence-electron chi connectivity index (χ0n) is 22.1. The molecule has 220 valence electrons. The Morgan fingerprint density at radius 1 is 0.857 bits per heavy atom. The number of amides is 2. The summed E-state index contributed by atoms with van der Waals surface area (Å²) in [6, 6.07) is 7.93. The Balaban J connectivity index is 1.60. The Morgan fingerprint density at radius 2 is 1.48 bits per heavy atom. The topological polar surface area (TPSA) is 89.2 Å². The third-order valence-electron chi connectivity index (χ3n) is 9.06. The summed E-state index contributed by atoms with van der Waals surface area (Å²) in [7, 11) is 0. The van der Waals surface area contributed by atoms with Crippen LogP contribution in [0.1, 0.15) is 69.8 Å². The number of nitrogens with two attached hydrogens (primary N) is 1. The molecular formula is C30H26F6N4O2. The lowest BCUT2D eigenvalue weighted by Gasteiger charge is -2.63. The summed E-state index contributed by atoms with van der Waals surface area (Å²) in [6.45, 7) is 0. The van der Waals surface area contributed by atoms with Crippen LogP contribution in [0.3, 0.4) is 0 Å². The van der Waals surface area contributed by atoms with Crippen molar-refractivity contribution in [2.45, 2.75) is 55.9 Å². The van der Waals surface area contributed by atoms with Crippen molar-refractivity contribution in [1.29, 1.82) is 0 Å². The first kappa shape index (κ1) is 28.2. The molecule has 42 heavy (non-hydrogen) atoms. The molecule has 2 N–H and O–H groups in total. The molecule has 0 spiro atoms. The van der Waals surface area contributed by atoms with Gasteiger partial charge in [-0.1, -0.05) is 12.1 Å². The van der Waals surface area contributed by atoms with Gasteiger partial charge in [-0.25, -0.2) is 4.98 Å². The maximum absolute atomic E-state index is 14.4. The molecule has 2 amide bonds. The number of hydrogen-bond donors (Lipinski definition) is 1. The second-order valence-corrected chi connectivity index (χ2v) is 11.7. The number of nitrogens with zero attached hydrogens (tertiary/aromatic N) is 3. The molecule has 4 aliphatic carbocycles. The molecule has 3 aromatic rings. The van der Waals surface area contributed by atoms with Gasteiger partial charge in [-0.3, -0.25) is 14.6 Å². The average molecular weight is 589 g/mol. The van der Waals surface area contributed by atoms with Gasteiger partial charge in [0, 0.05) is 29.5 Å². The van der Waals surface area contributed by atoms with Crippen LogP contribution in [0.25, 0.3) is 0 Å². The fraction of sp³-hybridized carbons (Fsp3) is 0.400. The standard InChI is InChI=1S/C30H26F6N4O2/c31-29(32,33)20-10-21(30(34,35)36)12-22(11-20)40(27(42)24-5-1-4-23(39-24)26(37)41)25-18-8-16-7-17(9-18)14-28(25,13-16)19-3-2-6-38-15-19/h1-6,10-12,15-18,25H,7-9,13-14H2,(H2,37,41)/t16-,17+,18?,25?,28?. The van der Waals surface area contributed by atoms with Gasteiger partial charge in [0.15, 0.2) is 0 Å². The summed E-state index contributed by atoms with van der Waals surface area (Å²) in [6.07, 6.45) is -3.38. The summed E-state index contributed by atoms with van der Waals surface area (Å²) < 4.78 is 84.0. The average Bonchev–Trinajstić information content (AvgIpc) is 2.93. The smallest absolute Gasteiger partial charge is 0.364 e. The molecule has 12 heteroatoms. The molecule has 4 fully saturated rings. The third kappa shape index (κ3) is 4.80. The Kier molecular flexibility index (Phi) is 6.58. The van der Waals surface area contributed by atoms with E-state index in [1.807, 2.05) is 6.07 Å². The van der Waals surface area contributed by atoms with Crippen molar-refractivity contribution < 1.29 is 35.9 Å². The highest BCUT2D eigenvalue weighted by Crippen LogP contribution is 2.62. The molecule has 0 saturated heterocycles. The number of carbonyl (C=O) groups is 2. The summed E-state index contributed by atoms with van der Waals surface area (Å²) in [5.74, 6) is -1.43. The van der Waals surface area contributed by atoms with E-state index in [-0.39, 0.29) is 23.4 Å². The van der Waals surface area contributed by atoms with Crippen molar-refractivity contribution in [2.75, 3.05) is 4.90 Å². The first-order valence-corrected chi connectivity index (χ1v) is 13.6. The second kappa shape index (κ2) is 9.81. The quantitative estimate of drug-likeness (QED) is 0.349. The number of benzene rings is 1. The van der Waals surface area contributed by atoms with Gasteiger partial charge in [-0.15, -0.1) is 0 Å². The minimum Gasteiger partial charge on any atom is -0.364 e. The van der Waals surface area contributed by atoms with Gasteiger partial charge < -0.3 is 10.6 Å². The SMILES string of the molecule is NC(=O)c1cccc(C(=O)N(c2cc(C(F)(F)F)cc(C(F)(F)F)c2)C2C3C[C@@H]4C[C@H](C3)CC2(c2cccnc2)C4)n1. The van der Waals surface area contributed by atoms with Crippen LogP contribution in [0.4, 0.5) is 32.0 Å². The third-order valence-corrected chi connectivity index (χ3v) is 9.06. The number of rotatable bonds is 5. The Hall–Kier alpha value is -3.96. The fourth-order valence-electron chi connectivity index (χ4n) is 7.83. The van der Waals surface area contributed by atoms with Crippen molar-refractivity contribution in [1.82, 2.24) is 9.97 Å². The van der Waals surface area contributed by atoms with Gasteiger partial charge in [0.2, 0.25) is 0 Å². The second-order valence-electron chi connectivity index (χ2n) is 11.7. The van der Waals surface area contributed by atoms with Gasteiger partial charge in [-0.2, -0.15) is 26.3 Å². The van der Waals surface area contributed by atoms with Crippen molar-refractivity contribution in [3.63, 3.8) is 0 Å². The summed E-state index contributed by atoms with van der Waals surface area (Å²) in [5.41, 5.74) is 1.23. The number of carbonyl (C=O) groups excluding carboxylic acids is 2. The maximum Gasteiger partial charge on any atom is 0.416 e. The molecule has 4 bridgehead atoms. The lowest BCUT2D eigenvalue weighted by molar-refractivity contribution is -0.143. The van der Waals surface area contributed by atoms with E-state index in [1.54, 1.807) is 18.5 Å². The predicted molar refractivity (Wildman–Crippen MR) is 139 cm³/mol. The number of alkyl halides is 6. The van der Waals surface area contributed by atoms with E-state index in [2.05, 4.69) is 9.97 Å². The summed E-state index contributed by atoms with van der Waals surface area (Å²) in [5, 5.41) is 0. The monoisotopic (exact) mass is 588 g/mol. The zero-order valence-corrected chi connectivity index (χ0v) is 22.1. The largest absolute Gasteiger partial charge is 0.416 e. The van der Waals surface area contributed by atoms with Crippen LogP contribution in [0.15, 0.2) is 60.9 Å². The molecule has 1 aromatic carbocycles. The number of aromatic nitrogens is 2. The van der Waals surface area contributed by atoms with Crippen LogP contribution in [-0.2, 0) is 17.8 Å². The number of halogens is 6. The van der Waals surface area contributed by atoms with Crippen LogP contribution < -0.4 is 10.6 Å². The minimum atomic E-state index is -5.11. The van der Waals surface area contributed by atoms with Gasteiger partial charge in [0.1, 0.15) is 11.4 Å². The van der Waals surface area contributed by atoms with E-state index < -0.39 is 52.4 Å². The molecule has 4 saturated carbocycles. The van der Waals surface area contributed by atoms with E-state index in [4.69, 9.17) is 5.73 Å². The van der Waals surface area contributed by atoms with Gasteiger partial charge in [-0.05, 0) is 91.8 Å². The first-order valence-electron chi connectivity index (χ1n) is 13.6. The zero-order chi connectivity index (χ0) is 30.0. The highest BCUT2D eigenvalue weighted by Gasteiger charge is 2.60. The Morgan fingerprint density at radius 3 is 2.02 bits per heavy atom. The molecule has 2 aromatic heterocycles. The molecule has 0 aliphatic heterocycles. The van der Waals surface area contributed by atoms with Crippen molar-refractivity contribution in [3.05, 3.63) is 89.0 Å². The van der Waals surface area contributed by atoms with Gasteiger partial charge in [0.05, 0.1) is 11.1 Å². The lowest BCUT2D eigenvalue weighted by atomic mass is 9.45. The van der Waals surface area contributed by atoms with E-state index in [0.717, 1.165) is 16.9 Å². The van der Waals surface area contributed by atoms with Crippen LogP contribution in [0.2, 0.25) is 0 Å². The maximum atomic E-state index is 14.4. The number of primary amides is 1. The van der Waals surface area contributed by atoms with Crippen LogP contribution in [0.5, 0.6) is 0 Å². The minimum absolute atomic E-state index is 0.0475. The van der Waals surface area contributed by atoms with E-state index in [9.17, 15) is 35.9 Å². The molecule has 0 radical (unpaired) electrons. The van der Waals surface area contributed by atoms with Crippen LogP contribution in [0, 0.1) is 17.8 Å². The van der Waals surface area contributed by atoms with Crippen molar-refractivity contribution >= 4 is 17.5 Å². The highest BCUT2D eigenvalue weighted by molar-refractivity contribution is 6.06. The molecule has 7 rings (SSSR count).